The molecular weight excluding hydrogens is 416 g/mol. The second-order valence-corrected chi connectivity index (χ2v) is 7.16. The number of anilines is 3. The topological polar surface area (TPSA) is 105 Å². The second kappa shape index (κ2) is 9.14. The number of ether oxygens (including phenoxy) is 1. The lowest BCUT2D eigenvalue weighted by molar-refractivity contribution is 0.102. The monoisotopic (exact) mass is 434 g/mol. The van der Waals surface area contributed by atoms with Gasteiger partial charge in [0.2, 0.25) is 5.88 Å². The number of aromatic nitrogens is 1. The fraction of sp³-hybridized carbons (Fsp3) is 0.0455. The van der Waals surface area contributed by atoms with Crippen LogP contribution in [0.4, 0.5) is 22.1 Å². The summed E-state index contributed by atoms with van der Waals surface area (Å²) < 4.78 is 10.5. The van der Waals surface area contributed by atoms with Crippen molar-refractivity contribution in [2.24, 2.45) is 0 Å². The molecule has 2 aromatic heterocycles. The molecule has 3 amide bonds. The van der Waals surface area contributed by atoms with Gasteiger partial charge in [-0.15, -0.1) is 0 Å². The predicted molar refractivity (Wildman–Crippen MR) is 120 cm³/mol. The first kappa shape index (κ1) is 20.2. The van der Waals surface area contributed by atoms with Crippen LogP contribution in [0.3, 0.4) is 0 Å². The number of thiophene rings is 1. The SMILES string of the molecule is COc1ccc(NC(=O)c2c(-c3ccsc3)noc2NC(=O)Nc2ccccc2)cc1. The van der Waals surface area contributed by atoms with Crippen molar-refractivity contribution in [3.05, 3.63) is 77.0 Å². The largest absolute Gasteiger partial charge is 0.497 e. The molecule has 0 fully saturated rings. The van der Waals surface area contributed by atoms with Crippen molar-refractivity contribution in [3.63, 3.8) is 0 Å². The maximum absolute atomic E-state index is 13.1. The van der Waals surface area contributed by atoms with Crippen molar-refractivity contribution in [2.75, 3.05) is 23.1 Å². The maximum Gasteiger partial charge on any atom is 0.326 e. The van der Waals surface area contributed by atoms with Crippen molar-refractivity contribution in [1.29, 1.82) is 0 Å². The van der Waals surface area contributed by atoms with Crippen molar-refractivity contribution >= 4 is 40.5 Å². The van der Waals surface area contributed by atoms with Crippen molar-refractivity contribution in [1.82, 2.24) is 5.16 Å². The van der Waals surface area contributed by atoms with Gasteiger partial charge >= 0.3 is 6.03 Å². The molecule has 4 rings (SSSR count). The fourth-order valence-electron chi connectivity index (χ4n) is 2.84. The number of benzene rings is 2. The Morgan fingerprint density at radius 2 is 1.68 bits per heavy atom. The second-order valence-electron chi connectivity index (χ2n) is 6.38. The molecular formula is C22H18N4O4S. The molecule has 0 unspecified atom stereocenters. The molecule has 0 spiro atoms. The lowest BCUT2D eigenvalue weighted by Crippen LogP contribution is -2.21. The average Bonchev–Trinajstić information content (AvgIpc) is 3.45. The smallest absolute Gasteiger partial charge is 0.326 e. The van der Waals surface area contributed by atoms with Crippen LogP contribution < -0.4 is 20.7 Å². The highest BCUT2D eigenvalue weighted by Gasteiger charge is 2.26. The molecule has 0 bridgehead atoms. The zero-order valence-corrected chi connectivity index (χ0v) is 17.2. The normalized spacial score (nSPS) is 10.4. The van der Waals surface area contributed by atoms with Crippen LogP contribution in [0.2, 0.25) is 0 Å². The Morgan fingerprint density at radius 3 is 2.35 bits per heavy atom. The predicted octanol–water partition coefficient (Wildman–Crippen LogP) is 5.31. The zero-order chi connectivity index (χ0) is 21.6. The van der Waals surface area contributed by atoms with Gasteiger partial charge in [-0.2, -0.15) is 11.3 Å². The van der Waals surface area contributed by atoms with Crippen LogP contribution in [0.1, 0.15) is 10.4 Å². The van der Waals surface area contributed by atoms with E-state index in [1.54, 1.807) is 55.6 Å². The van der Waals surface area contributed by atoms with E-state index in [0.29, 0.717) is 28.4 Å². The zero-order valence-electron chi connectivity index (χ0n) is 16.4. The van der Waals surface area contributed by atoms with Gasteiger partial charge in [0.25, 0.3) is 5.91 Å². The van der Waals surface area contributed by atoms with Gasteiger partial charge in [-0.3, -0.25) is 10.1 Å². The molecule has 0 aliphatic carbocycles. The average molecular weight is 434 g/mol. The molecule has 2 heterocycles. The number of urea groups is 1. The summed E-state index contributed by atoms with van der Waals surface area (Å²) >= 11 is 1.46. The Labute approximate surface area is 181 Å². The van der Waals surface area contributed by atoms with Crippen molar-refractivity contribution < 1.29 is 18.8 Å². The summed E-state index contributed by atoms with van der Waals surface area (Å²) in [5.41, 5.74) is 2.33. The number of hydrogen-bond donors (Lipinski definition) is 3. The number of rotatable bonds is 6. The van der Waals surface area contributed by atoms with Gasteiger partial charge in [0.1, 0.15) is 17.0 Å². The van der Waals surface area contributed by atoms with E-state index in [9.17, 15) is 9.59 Å². The Kier molecular flexibility index (Phi) is 5.95. The van der Waals surface area contributed by atoms with E-state index in [1.807, 2.05) is 22.9 Å². The Balaban J connectivity index is 1.59. The molecule has 156 valence electrons. The van der Waals surface area contributed by atoms with Gasteiger partial charge in [0.05, 0.1) is 7.11 Å². The van der Waals surface area contributed by atoms with Gasteiger partial charge in [-0.05, 0) is 47.8 Å². The van der Waals surface area contributed by atoms with Crippen molar-refractivity contribution in [2.45, 2.75) is 0 Å². The molecule has 8 nitrogen and oxygen atoms in total. The molecule has 0 saturated carbocycles. The molecule has 0 saturated heterocycles. The number of nitrogens with one attached hydrogen (secondary N) is 3. The maximum atomic E-state index is 13.1. The van der Waals surface area contributed by atoms with Crippen LogP contribution in [0.25, 0.3) is 11.3 Å². The quantitative estimate of drug-likeness (QED) is 0.381. The summed E-state index contributed by atoms with van der Waals surface area (Å²) in [5.74, 6) is 0.144. The van der Waals surface area contributed by atoms with Gasteiger partial charge in [-0.1, -0.05) is 23.4 Å². The first-order valence-electron chi connectivity index (χ1n) is 9.25. The summed E-state index contributed by atoms with van der Waals surface area (Å²) in [6.07, 6.45) is 0. The summed E-state index contributed by atoms with van der Waals surface area (Å²) in [7, 11) is 1.57. The Bertz CT molecular complexity index is 1170. The number of para-hydroxylation sites is 1. The molecule has 0 aliphatic rings. The number of methoxy groups -OCH3 is 1. The van der Waals surface area contributed by atoms with Gasteiger partial charge < -0.3 is 19.9 Å². The highest BCUT2D eigenvalue weighted by molar-refractivity contribution is 7.08. The molecule has 0 aliphatic heterocycles. The Hall–Kier alpha value is -4.11. The standard InChI is InChI=1S/C22H18N4O4S/c1-29-17-9-7-16(8-10-17)23-20(27)18-19(14-11-12-31-13-14)26-30-21(18)25-22(28)24-15-5-3-2-4-6-15/h2-13H,1H3,(H,23,27)(H2,24,25,28). The van der Waals surface area contributed by atoms with Crippen LogP contribution in [-0.2, 0) is 0 Å². The highest BCUT2D eigenvalue weighted by Crippen LogP contribution is 2.31. The molecule has 2 aromatic carbocycles. The van der Waals surface area contributed by atoms with E-state index < -0.39 is 11.9 Å². The first-order valence-corrected chi connectivity index (χ1v) is 10.2. The third-order valence-corrected chi connectivity index (χ3v) is 5.00. The third kappa shape index (κ3) is 4.73. The highest BCUT2D eigenvalue weighted by atomic mass is 32.1. The number of carbonyl (C=O) groups excluding carboxylic acids is 2. The minimum absolute atomic E-state index is 0.0550. The number of amides is 3. The summed E-state index contributed by atoms with van der Waals surface area (Å²) in [4.78, 5) is 25.5. The van der Waals surface area contributed by atoms with E-state index >= 15 is 0 Å². The van der Waals surface area contributed by atoms with E-state index in [1.165, 1.54) is 11.3 Å². The van der Waals surface area contributed by atoms with E-state index in [0.717, 1.165) is 0 Å². The van der Waals surface area contributed by atoms with E-state index in [2.05, 4.69) is 21.1 Å². The van der Waals surface area contributed by atoms with Gasteiger partial charge in [0.15, 0.2) is 0 Å². The lowest BCUT2D eigenvalue weighted by Gasteiger charge is -2.09. The van der Waals surface area contributed by atoms with E-state index in [-0.39, 0.29) is 11.4 Å². The first-order chi connectivity index (χ1) is 15.1. The summed E-state index contributed by atoms with van der Waals surface area (Å²) in [6.45, 7) is 0. The van der Waals surface area contributed by atoms with Crippen LogP contribution in [0, 0.1) is 0 Å². The fourth-order valence-corrected chi connectivity index (χ4v) is 3.48. The summed E-state index contributed by atoms with van der Waals surface area (Å²) in [6, 6.07) is 17.1. The summed E-state index contributed by atoms with van der Waals surface area (Å²) in [5, 5.41) is 15.8. The molecule has 0 radical (unpaired) electrons. The minimum atomic E-state index is -0.558. The number of nitrogens with zero attached hydrogens (tertiary/aromatic N) is 1. The Morgan fingerprint density at radius 1 is 0.935 bits per heavy atom. The van der Waals surface area contributed by atoms with Crippen LogP contribution in [0.5, 0.6) is 5.75 Å². The van der Waals surface area contributed by atoms with E-state index in [4.69, 9.17) is 9.26 Å². The molecule has 9 heteroatoms. The van der Waals surface area contributed by atoms with Gasteiger partial charge in [0, 0.05) is 22.3 Å². The van der Waals surface area contributed by atoms with Crippen LogP contribution in [0.15, 0.2) is 75.9 Å². The minimum Gasteiger partial charge on any atom is -0.497 e. The molecule has 4 aromatic rings. The number of hydrogen-bond acceptors (Lipinski definition) is 6. The molecule has 31 heavy (non-hydrogen) atoms. The third-order valence-electron chi connectivity index (χ3n) is 4.32. The molecule has 0 atom stereocenters. The van der Waals surface area contributed by atoms with Crippen molar-refractivity contribution in [3.8, 4) is 17.0 Å². The van der Waals surface area contributed by atoms with Crippen LogP contribution >= 0.6 is 11.3 Å². The number of carbonyl (C=O) groups is 2. The molecule has 3 N–H and O–H groups in total. The van der Waals surface area contributed by atoms with Crippen LogP contribution in [-0.4, -0.2) is 24.2 Å². The lowest BCUT2D eigenvalue weighted by atomic mass is 10.1. The van der Waals surface area contributed by atoms with Gasteiger partial charge in [-0.25, -0.2) is 4.79 Å².